The van der Waals surface area contributed by atoms with Crippen LogP contribution in [0.3, 0.4) is 0 Å². The molecule has 0 amide bonds. The minimum Gasteiger partial charge on any atom is -0.338 e. The SMILES string of the molecule is CN1CN/C(=N/[N+](=O)[O-])N(Cc2cccnc2)C1. The molecule has 96 valence electrons. The van der Waals surface area contributed by atoms with Crippen LogP contribution in [0.2, 0.25) is 0 Å². The maximum absolute atomic E-state index is 10.5. The zero-order valence-corrected chi connectivity index (χ0v) is 9.98. The summed E-state index contributed by atoms with van der Waals surface area (Å²) in [6, 6.07) is 3.76. The summed E-state index contributed by atoms with van der Waals surface area (Å²) in [5.74, 6) is 0.280. The Hall–Kier alpha value is -2.22. The van der Waals surface area contributed by atoms with Crippen LogP contribution < -0.4 is 5.32 Å². The summed E-state index contributed by atoms with van der Waals surface area (Å²) in [5.41, 5.74) is 0.977. The molecule has 1 aliphatic heterocycles. The van der Waals surface area contributed by atoms with Crippen LogP contribution in [0.1, 0.15) is 5.56 Å². The van der Waals surface area contributed by atoms with Crippen LogP contribution in [-0.2, 0) is 6.54 Å². The fourth-order valence-corrected chi connectivity index (χ4v) is 1.74. The van der Waals surface area contributed by atoms with E-state index in [-0.39, 0.29) is 5.96 Å². The Morgan fingerprint density at radius 2 is 2.50 bits per heavy atom. The van der Waals surface area contributed by atoms with Gasteiger partial charge in [0.1, 0.15) is 5.10 Å². The van der Waals surface area contributed by atoms with E-state index >= 15 is 0 Å². The van der Waals surface area contributed by atoms with Gasteiger partial charge in [0.05, 0.1) is 13.3 Å². The van der Waals surface area contributed by atoms with E-state index < -0.39 is 5.03 Å². The van der Waals surface area contributed by atoms with E-state index in [0.29, 0.717) is 19.9 Å². The number of nitro groups is 1. The van der Waals surface area contributed by atoms with Crippen LogP contribution in [0.5, 0.6) is 0 Å². The average Bonchev–Trinajstić information content (AvgIpc) is 2.33. The van der Waals surface area contributed by atoms with Crippen molar-refractivity contribution < 1.29 is 5.03 Å². The highest BCUT2D eigenvalue weighted by Gasteiger charge is 2.22. The predicted octanol–water partition coefficient (Wildman–Crippen LogP) is -0.119. The van der Waals surface area contributed by atoms with Gasteiger partial charge in [-0.1, -0.05) is 6.07 Å². The van der Waals surface area contributed by atoms with Crippen molar-refractivity contribution in [1.29, 1.82) is 0 Å². The van der Waals surface area contributed by atoms with E-state index in [1.165, 1.54) is 0 Å². The van der Waals surface area contributed by atoms with Crippen molar-refractivity contribution in [3.8, 4) is 0 Å². The molecule has 1 N–H and O–H groups in total. The second-order valence-corrected chi connectivity index (χ2v) is 4.05. The molecule has 8 nitrogen and oxygen atoms in total. The van der Waals surface area contributed by atoms with E-state index in [9.17, 15) is 10.1 Å². The molecule has 0 atom stereocenters. The summed E-state index contributed by atoms with van der Waals surface area (Å²) in [7, 11) is 1.92. The maximum Gasteiger partial charge on any atom is 0.273 e. The second kappa shape index (κ2) is 5.41. The standard InChI is InChI=1S/C10H14N6O2/c1-14-7-12-10(13-16(17)18)15(8-14)6-9-3-2-4-11-5-9/h2-5H,6-8H2,1H3,(H,12,13). The Morgan fingerprint density at radius 1 is 1.67 bits per heavy atom. The lowest BCUT2D eigenvalue weighted by Gasteiger charge is -2.34. The van der Waals surface area contributed by atoms with E-state index in [2.05, 4.69) is 15.4 Å². The third kappa shape index (κ3) is 3.14. The first kappa shape index (κ1) is 12.2. The molecule has 8 heteroatoms. The van der Waals surface area contributed by atoms with Crippen LogP contribution in [0, 0.1) is 10.1 Å². The summed E-state index contributed by atoms with van der Waals surface area (Å²) in [6.45, 7) is 1.64. The molecule has 2 rings (SSSR count). The zero-order chi connectivity index (χ0) is 13.0. The summed E-state index contributed by atoms with van der Waals surface area (Å²) < 4.78 is 0. The molecule has 1 saturated heterocycles. The van der Waals surface area contributed by atoms with Crippen molar-refractivity contribution in [3.05, 3.63) is 40.2 Å². The normalized spacial score (nSPS) is 18.7. The first-order chi connectivity index (χ1) is 8.65. The van der Waals surface area contributed by atoms with Gasteiger partial charge in [-0.3, -0.25) is 9.88 Å². The molecule has 2 heterocycles. The van der Waals surface area contributed by atoms with Crippen LogP contribution >= 0.6 is 0 Å². The van der Waals surface area contributed by atoms with E-state index in [1.54, 1.807) is 17.3 Å². The third-order valence-electron chi connectivity index (χ3n) is 2.49. The molecular formula is C10H14N6O2. The van der Waals surface area contributed by atoms with Crippen LogP contribution in [0.25, 0.3) is 0 Å². The molecule has 0 aromatic carbocycles. The molecule has 1 aliphatic rings. The van der Waals surface area contributed by atoms with Gasteiger partial charge in [-0.2, -0.15) is 0 Å². The first-order valence-electron chi connectivity index (χ1n) is 5.44. The molecule has 1 aromatic heterocycles. The lowest BCUT2D eigenvalue weighted by molar-refractivity contribution is -0.486. The highest BCUT2D eigenvalue weighted by molar-refractivity contribution is 5.79. The van der Waals surface area contributed by atoms with E-state index in [1.807, 2.05) is 24.1 Å². The number of pyridine rings is 1. The van der Waals surface area contributed by atoms with Gasteiger partial charge >= 0.3 is 0 Å². The fraction of sp³-hybridized carbons (Fsp3) is 0.400. The first-order valence-corrected chi connectivity index (χ1v) is 5.44. The summed E-state index contributed by atoms with van der Waals surface area (Å²) in [4.78, 5) is 18.3. The Balaban J connectivity index is 2.13. The minimum absolute atomic E-state index is 0.280. The van der Waals surface area contributed by atoms with Gasteiger partial charge in [0.15, 0.2) is 5.03 Å². The van der Waals surface area contributed by atoms with Crippen LogP contribution in [0.15, 0.2) is 29.6 Å². The van der Waals surface area contributed by atoms with Crippen molar-refractivity contribution in [1.82, 2.24) is 20.1 Å². The number of hydrogen-bond acceptors (Lipinski definition) is 4. The van der Waals surface area contributed by atoms with Gasteiger partial charge in [-0.25, -0.2) is 10.1 Å². The van der Waals surface area contributed by atoms with Gasteiger partial charge < -0.3 is 10.2 Å². The predicted molar refractivity (Wildman–Crippen MR) is 64.8 cm³/mol. The van der Waals surface area contributed by atoms with Gasteiger partial charge in [0, 0.05) is 18.9 Å². The average molecular weight is 250 g/mol. The van der Waals surface area contributed by atoms with Gasteiger partial charge in [-0.05, 0) is 18.7 Å². The summed E-state index contributed by atoms with van der Waals surface area (Å²) in [6.07, 6.45) is 3.43. The number of nitrogens with one attached hydrogen (secondary N) is 1. The lowest BCUT2D eigenvalue weighted by Crippen LogP contribution is -2.55. The molecule has 0 bridgehead atoms. The van der Waals surface area contributed by atoms with Crippen LogP contribution in [-0.4, -0.2) is 46.2 Å². The largest absolute Gasteiger partial charge is 0.338 e. The van der Waals surface area contributed by atoms with Crippen molar-refractivity contribution in [2.45, 2.75) is 6.54 Å². The number of hydrazone groups is 1. The molecule has 1 aromatic rings. The van der Waals surface area contributed by atoms with Crippen molar-refractivity contribution >= 4 is 5.96 Å². The smallest absolute Gasteiger partial charge is 0.273 e. The zero-order valence-electron chi connectivity index (χ0n) is 9.98. The molecule has 18 heavy (non-hydrogen) atoms. The molecule has 0 spiro atoms. The maximum atomic E-state index is 10.5. The fourth-order valence-electron chi connectivity index (χ4n) is 1.74. The highest BCUT2D eigenvalue weighted by Crippen LogP contribution is 2.07. The lowest BCUT2D eigenvalue weighted by atomic mass is 10.3. The third-order valence-corrected chi connectivity index (χ3v) is 2.49. The Labute approximate surface area is 104 Å². The Morgan fingerprint density at radius 3 is 3.17 bits per heavy atom. The van der Waals surface area contributed by atoms with Gasteiger partial charge in [-0.15, -0.1) is 0 Å². The molecular weight excluding hydrogens is 236 g/mol. The number of rotatable bonds is 3. The molecule has 1 fully saturated rings. The Bertz CT molecular complexity index is 449. The quantitative estimate of drug-likeness (QED) is 0.594. The highest BCUT2D eigenvalue weighted by atomic mass is 16.7. The number of nitrogens with zero attached hydrogens (tertiary/aromatic N) is 5. The monoisotopic (exact) mass is 250 g/mol. The summed E-state index contributed by atoms with van der Waals surface area (Å²) >= 11 is 0. The minimum atomic E-state index is -0.691. The van der Waals surface area contributed by atoms with Crippen LogP contribution in [0.4, 0.5) is 0 Å². The molecule has 0 unspecified atom stereocenters. The molecule has 0 saturated carbocycles. The van der Waals surface area contributed by atoms with E-state index in [0.717, 1.165) is 5.56 Å². The number of aromatic nitrogens is 1. The molecule has 0 radical (unpaired) electrons. The molecule has 0 aliphatic carbocycles. The second-order valence-electron chi connectivity index (χ2n) is 4.05. The van der Waals surface area contributed by atoms with Crippen molar-refractivity contribution in [2.24, 2.45) is 5.10 Å². The number of hydrogen-bond donors (Lipinski definition) is 1. The Kier molecular flexibility index (Phi) is 3.68. The van der Waals surface area contributed by atoms with Crippen molar-refractivity contribution in [3.63, 3.8) is 0 Å². The number of guanidine groups is 1. The van der Waals surface area contributed by atoms with E-state index in [4.69, 9.17) is 0 Å². The topological polar surface area (TPSA) is 86.9 Å². The summed E-state index contributed by atoms with van der Waals surface area (Å²) in [5, 5.41) is 16.0. The van der Waals surface area contributed by atoms with Crippen molar-refractivity contribution in [2.75, 3.05) is 20.4 Å². The van der Waals surface area contributed by atoms with Gasteiger partial charge in [0.2, 0.25) is 0 Å². The van der Waals surface area contributed by atoms with Gasteiger partial charge in [0.25, 0.3) is 5.96 Å².